The average Bonchev–Trinajstić information content (AvgIpc) is 2.46. The molecular formula is C14H17N3O3. The van der Waals surface area contributed by atoms with Gasteiger partial charge in [-0.3, -0.25) is 10.1 Å². The summed E-state index contributed by atoms with van der Waals surface area (Å²) in [7, 11) is 0. The molecule has 0 aromatic heterocycles. The van der Waals surface area contributed by atoms with E-state index in [4.69, 9.17) is 5.26 Å². The zero-order chi connectivity index (χ0) is 14.8. The van der Waals surface area contributed by atoms with Crippen LogP contribution in [0, 0.1) is 26.9 Å². The van der Waals surface area contributed by atoms with Crippen LogP contribution in [0.4, 0.5) is 11.4 Å². The van der Waals surface area contributed by atoms with E-state index >= 15 is 0 Å². The molecule has 0 spiro atoms. The molecule has 6 nitrogen and oxygen atoms in total. The first-order valence-corrected chi connectivity index (χ1v) is 6.53. The van der Waals surface area contributed by atoms with Crippen LogP contribution in [-0.2, 0) is 0 Å². The minimum Gasteiger partial charge on any atom is -0.396 e. The molecule has 0 saturated carbocycles. The normalized spacial score (nSPS) is 22.4. The van der Waals surface area contributed by atoms with Crippen molar-refractivity contribution in [2.24, 2.45) is 5.41 Å². The number of aliphatic hydroxyl groups excluding tert-OH is 1. The van der Waals surface area contributed by atoms with E-state index in [0.29, 0.717) is 6.54 Å². The SMILES string of the molecule is C[C@]1(CO)CCCN(c2ccc([N+](=O)[O-])c(C#N)c2)C1. The molecule has 2 rings (SSSR count). The molecule has 20 heavy (non-hydrogen) atoms. The van der Waals surface area contributed by atoms with Crippen molar-refractivity contribution in [3.63, 3.8) is 0 Å². The fourth-order valence-corrected chi connectivity index (χ4v) is 2.63. The Balaban J connectivity index is 2.30. The Morgan fingerprint density at radius 2 is 2.35 bits per heavy atom. The molecule has 1 N–H and O–H groups in total. The fourth-order valence-electron chi connectivity index (χ4n) is 2.63. The van der Waals surface area contributed by atoms with E-state index in [-0.39, 0.29) is 23.3 Å². The number of anilines is 1. The topological polar surface area (TPSA) is 90.4 Å². The molecular weight excluding hydrogens is 258 g/mol. The van der Waals surface area contributed by atoms with E-state index in [2.05, 4.69) is 4.90 Å². The second-order valence-corrected chi connectivity index (χ2v) is 5.56. The van der Waals surface area contributed by atoms with Gasteiger partial charge in [0.2, 0.25) is 0 Å². The van der Waals surface area contributed by atoms with E-state index in [1.807, 2.05) is 13.0 Å². The number of rotatable bonds is 3. The number of nitrogens with zero attached hydrogens (tertiary/aromatic N) is 3. The molecule has 1 aromatic rings. The van der Waals surface area contributed by atoms with Crippen LogP contribution in [0.1, 0.15) is 25.3 Å². The highest BCUT2D eigenvalue weighted by molar-refractivity contribution is 5.60. The smallest absolute Gasteiger partial charge is 0.287 e. The molecule has 0 unspecified atom stereocenters. The molecule has 1 fully saturated rings. The summed E-state index contributed by atoms with van der Waals surface area (Å²) >= 11 is 0. The van der Waals surface area contributed by atoms with Gasteiger partial charge in [0.15, 0.2) is 0 Å². The zero-order valence-corrected chi connectivity index (χ0v) is 11.4. The standard InChI is InChI=1S/C14H17N3O3/c1-14(10-18)5-2-6-16(9-14)12-3-4-13(17(19)20)11(7-12)8-15/h3-4,7,18H,2,5-6,9-10H2,1H3/t14-/m0/s1. The number of hydrogen-bond acceptors (Lipinski definition) is 5. The summed E-state index contributed by atoms with van der Waals surface area (Å²) in [5, 5.41) is 29.3. The van der Waals surface area contributed by atoms with Crippen molar-refractivity contribution < 1.29 is 10.0 Å². The quantitative estimate of drug-likeness (QED) is 0.673. The Bertz CT molecular complexity index is 567. The third kappa shape index (κ3) is 2.73. The van der Waals surface area contributed by atoms with Gasteiger partial charge in [-0.25, -0.2) is 0 Å². The molecule has 0 aliphatic carbocycles. The van der Waals surface area contributed by atoms with Crippen LogP contribution in [0.2, 0.25) is 0 Å². The van der Waals surface area contributed by atoms with E-state index in [1.165, 1.54) is 6.07 Å². The largest absolute Gasteiger partial charge is 0.396 e. The van der Waals surface area contributed by atoms with Gasteiger partial charge in [0.1, 0.15) is 11.6 Å². The maximum absolute atomic E-state index is 10.8. The summed E-state index contributed by atoms with van der Waals surface area (Å²) in [4.78, 5) is 12.4. The number of nitriles is 1. The van der Waals surface area contributed by atoms with Gasteiger partial charge in [-0.15, -0.1) is 0 Å². The Labute approximate surface area is 117 Å². The lowest BCUT2D eigenvalue weighted by atomic mass is 9.82. The van der Waals surface area contributed by atoms with Crippen molar-refractivity contribution in [3.05, 3.63) is 33.9 Å². The van der Waals surface area contributed by atoms with E-state index in [9.17, 15) is 15.2 Å². The fraction of sp³-hybridized carbons (Fsp3) is 0.500. The maximum Gasteiger partial charge on any atom is 0.287 e. The number of nitro groups is 1. The second kappa shape index (κ2) is 5.47. The van der Waals surface area contributed by atoms with E-state index in [0.717, 1.165) is 25.1 Å². The van der Waals surface area contributed by atoms with E-state index < -0.39 is 4.92 Å². The molecule has 1 aliphatic heterocycles. The zero-order valence-electron chi connectivity index (χ0n) is 11.4. The number of aliphatic hydroxyl groups is 1. The second-order valence-electron chi connectivity index (χ2n) is 5.56. The molecule has 1 aromatic carbocycles. The summed E-state index contributed by atoms with van der Waals surface area (Å²) < 4.78 is 0. The summed E-state index contributed by atoms with van der Waals surface area (Å²) in [5.74, 6) is 0. The van der Waals surface area contributed by atoms with Gasteiger partial charge in [-0.1, -0.05) is 6.92 Å². The van der Waals surface area contributed by atoms with Crippen molar-refractivity contribution in [1.29, 1.82) is 5.26 Å². The summed E-state index contributed by atoms with van der Waals surface area (Å²) in [5.41, 5.74) is 0.542. The number of nitro benzene ring substituents is 1. The van der Waals surface area contributed by atoms with Crippen LogP contribution >= 0.6 is 0 Å². The van der Waals surface area contributed by atoms with Crippen molar-refractivity contribution in [1.82, 2.24) is 0 Å². The van der Waals surface area contributed by atoms with Gasteiger partial charge in [0.25, 0.3) is 5.69 Å². The summed E-state index contributed by atoms with van der Waals surface area (Å²) in [6.45, 7) is 3.65. The van der Waals surface area contributed by atoms with E-state index in [1.54, 1.807) is 12.1 Å². The molecule has 6 heteroatoms. The monoisotopic (exact) mass is 275 g/mol. The van der Waals surface area contributed by atoms with Crippen molar-refractivity contribution in [2.45, 2.75) is 19.8 Å². The third-order valence-corrected chi connectivity index (χ3v) is 3.83. The lowest BCUT2D eigenvalue weighted by Crippen LogP contribution is -2.43. The molecule has 1 aliphatic rings. The van der Waals surface area contributed by atoms with Crippen LogP contribution in [0.25, 0.3) is 0 Å². The highest BCUT2D eigenvalue weighted by Gasteiger charge is 2.31. The molecule has 0 amide bonds. The predicted molar refractivity (Wildman–Crippen MR) is 74.5 cm³/mol. The van der Waals surface area contributed by atoms with Gasteiger partial charge in [-0.05, 0) is 25.0 Å². The average molecular weight is 275 g/mol. The van der Waals surface area contributed by atoms with Crippen LogP contribution < -0.4 is 4.90 Å². The van der Waals surface area contributed by atoms with Gasteiger partial charge >= 0.3 is 0 Å². The number of piperidine rings is 1. The van der Waals surface area contributed by atoms with Crippen molar-refractivity contribution in [3.8, 4) is 6.07 Å². The Morgan fingerprint density at radius 3 is 2.95 bits per heavy atom. The highest BCUT2D eigenvalue weighted by atomic mass is 16.6. The summed E-state index contributed by atoms with van der Waals surface area (Å²) in [6.07, 6.45) is 1.91. The minimum atomic E-state index is -0.545. The third-order valence-electron chi connectivity index (χ3n) is 3.83. The first-order chi connectivity index (χ1) is 9.49. The van der Waals surface area contributed by atoms with Crippen molar-refractivity contribution in [2.75, 3.05) is 24.6 Å². The first kappa shape index (κ1) is 14.3. The molecule has 106 valence electrons. The Morgan fingerprint density at radius 1 is 1.60 bits per heavy atom. The van der Waals surface area contributed by atoms with Crippen LogP contribution in [0.5, 0.6) is 0 Å². The Hall–Kier alpha value is -2.13. The van der Waals surface area contributed by atoms with Gasteiger partial charge in [-0.2, -0.15) is 5.26 Å². The van der Waals surface area contributed by atoms with Gasteiger partial charge in [0.05, 0.1) is 11.5 Å². The first-order valence-electron chi connectivity index (χ1n) is 6.53. The molecule has 0 bridgehead atoms. The van der Waals surface area contributed by atoms with Crippen LogP contribution in [0.3, 0.4) is 0 Å². The Kier molecular flexibility index (Phi) is 3.91. The summed E-state index contributed by atoms with van der Waals surface area (Å²) in [6, 6.07) is 6.47. The predicted octanol–water partition coefficient (Wildman–Crippen LogP) is 2.07. The molecule has 1 saturated heterocycles. The number of hydrogen-bond donors (Lipinski definition) is 1. The molecule has 1 heterocycles. The highest BCUT2D eigenvalue weighted by Crippen LogP contribution is 2.33. The maximum atomic E-state index is 10.8. The van der Waals surface area contributed by atoms with Gasteiger partial charge < -0.3 is 10.0 Å². The molecule has 1 atom stereocenters. The molecule has 0 radical (unpaired) electrons. The van der Waals surface area contributed by atoms with Crippen molar-refractivity contribution >= 4 is 11.4 Å². The lowest BCUT2D eigenvalue weighted by molar-refractivity contribution is -0.385. The van der Waals surface area contributed by atoms with Crippen LogP contribution in [0.15, 0.2) is 18.2 Å². The number of benzene rings is 1. The van der Waals surface area contributed by atoms with Crippen LogP contribution in [-0.4, -0.2) is 29.7 Å². The van der Waals surface area contributed by atoms with Gasteiger partial charge in [0, 0.05) is 30.3 Å². The minimum absolute atomic E-state index is 0.0729. The lowest BCUT2D eigenvalue weighted by Gasteiger charge is -2.40.